The molecule has 0 bridgehead atoms. The van der Waals surface area contributed by atoms with Gasteiger partial charge in [-0.1, -0.05) is 12.1 Å². The number of hydrogen-bond acceptors (Lipinski definition) is 2. The van der Waals surface area contributed by atoms with E-state index >= 15 is 0 Å². The molecule has 1 atom stereocenters. The molecule has 1 aliphatic rings. The van der Waals surface area contributed by atoms with Crippen LogP contribution in [0.15, 0.2) is 24.3 Å². The Morgan fingerprint density at radius 1 is 1.30 bits per heavy atom. The number of amides is 1. The van der Waals surface area contributed by atoms with Crippen LogP contribution in [-0.2, 0) is 17.5 Å². The van der Waals surface area contributed by atoms with E-state index in [9.17, 15) is 18.0 Å². The van der Waals surface area contributed by atoms with E-state index in [-0.39, 0.29) is 11.8 Å². The van der Waals surface area contributed by atoms with Crippen molar-refractivity contribution in [2.75, 3.05) is 13.1 Å². The molecule has 1 saturated heterocycles. The molecule has 0 aromatic heterocycles. The number of benzene rings is 1. The zero-order valence-corrected chi connectivity index (χ0v) is 11.0. The summed E-state index contributed by atoms with van der Waals surface area (Å²) in [5.74, 6) is -0.458. The lowest BCUT2D eigenvalue weighted by Gasteiger charge is -2.31. The molecule has 1 unspecified atom stereocenters. The topological polar surface area (TPSA) is 46.3 Å². The summed E-state index contributed by atoms with van der Waals surface area (Å²) in [6.45, 7) is 1.96. The van der Waals surface area contributed by atoms with Crippen molar-refractivity contribution in [2.45, 2.75) is 25.6 Å². The van der Waals surface area contributed by atoms with E-state index in [0.717, 1.165) is 37.1 Å². The van der Waals surface area contributed by atoms with Gasteiger partial charge in [-0.05, 0) is 37.1 Å². The van der Waals surface area contributed by atoms with Crippen molar-refractivity contribution >= 4 is 5.91 Å². The Labute approximate surface area is 115 Å². The highest BCUT2D eigenvalue weighted by Gasteiger charge is 2.30. The third kappa shape index (κ3) is 3.72. The highest BCUT2D eigenvalue weighted by Crippen LogP contribution is 2.29. The lowest BCUT2D eigenvalue weighted by Crippen LogP contribution is -2.40. The molecule has 1 aromatic rings. The molecular weight excluding hydrogens is 269 g/mol. The minimum absolute atomic E-state index is 0.154. The number of carbonyl (C=O) groups is 1. The van der Waals surface area contributed by atoms with Crippen LogP contribution in [0.4, 0.5) is 13.2 Å². The van der Waals surface area contributed by atoms with Crippen molar-refractivity contribution in [2.24, 2.45) is 11.7 Å². The Bertz CT molecular complexity index is 470. The van der Waals surface area contributed by atoms with Gasteiger partial charge in [-0.2, -0.15) is 13.2 Å². The number of primary amides is 1. The van der Waals surface area contributed by atoms with Crippen molar-refractivity contribution in [3.05, 3.63) is 35.4 Å². The van der Waals surface area contributed by atoms with Crippen molar-refractivity contribution in [3.63, 3.8) is 0 Å². The average Bonchev–Trinajstić information content (AvgIpc) is 2.38. The largest absolute Gasteiger partial charge is 0.416 e. The first-order valence-corrected chi connectivity index (χ1v) is 6.54. The van der Waals surface area contributed by atoms with Gasteiger partial charge < -0.3 is 5.73 Å². The van der Waals surface area contributed by atoms with E-state index in [0.29, 0.717) is 13.1 Å². The fraction of sp³-hybridized carbons (Fsp3) is 0.500. The van der Waals surface area contributed by atoms with E-state index < -0.39 is 11.7 Å². The zero-order valence-electron chi connectivity index (χ0n) is 11.0. The van der Waals surface area contributed by atoms with Crippen molar-refractivity contribution < 1.29 is 18.0 Å². The third-order valence-electron chi connectivity index (χ3n) is 3.60. The molecule has 1 heterocycles. The maximum absolute atomic E-state index is 12.5. The molecule has 1 aliphatic heterocycles. The molecule has 0 aliphatic carbocycles. The summed E-state index contributed by atoms with van der Waals surface area (Å²) in [4.78, 5) is 13.2. The van der Waals surface area contributed by atoms with Crippen LogP contribution in [-0.4, -0.2) is 23.9 Å². The molecule has 0 saturated carbocycles. The van der Waals surface area contributed by atoms with Gasteiger partial charge in [0.05, 0.1) is 11.5 Å². The monoisotopic (exact) mass is 286 g/mol. The van der Waals surface area contributed by atoms with E-state index in [1.165, 1.54) is 12.1 Å². The smallest absolute Gasteiger partial charge is 0.369 e. The second-order valence-corrected chi connectivity index (χ2v) is 5.17. The van der Waals surface area contributed by atoms with Gasteiger partial charge in [0.15, 0.2) is 0 Å². The fourth-order valence-corrected chi connectivity index (χ4v) is 2.49. The van der Waals surface area contributed by atoms with E-state index in [1.54, 1.807) is 0 Å². The summed E-state index contributed by atoms with van der Waals surface area (Å²) in [5.41, 5.74) is 5.46. The number of nitrogens with zero attached hydrogens (tertiary/aromatic N) is 1. The fourth-order valence-electron chi connectivity index (χ4n) is 2.49. The molecule has 2 rings (SSSR count). The average molecular weight is 286 g/mol. The van der Waals surface area contributed by atoms with Gasteiger partial charge in [-0.15, -0.1) is 0 Å². The van der Waals surface area contributed by atoms with Gasteiger partial charge >= 0.3 is 6.18 Å². The standard InChI is InChI=1S/C14H17F3N2O/c15-14(16,17)12-5-3-10(4-6-12)8-19-7-1-2-11(9-19)13(18)20/h3-6,11H,1-2,7-9H2,(H2,18,20). The number of carbonyl (C=O) groups excluding carboxylic acids is 1. The maximum Gasteiger partial charge on any atom is 0.416 e. The van der Waals surface area contributed by atoms with E-state index in [4.69, 9.17) is 5.73 Å². The number of nitrogens with two attached hydrogens (primary N) is 1. The summed E-state index contributed by atoms with van der Waals surface area (Å²) in [6, 6.07) is 5.14. The molecule has 0 spiro atoms. The Morgan fingerprint density at radius 2 is 1.95 bits per heavy atom. The Kier molecular flexibility index (Phi) is 4.32. The summed E-state index contributed by atoms with van der Waals surface area (Å²) in [5, 5.41) is 0. The lowest BCUT2D eigenvalue weighted by molar-refractivity contribution is -0.137. The lowest BCUT2D eigenvalue weighted by atomic mass is 9.97. The summed E-state index contributed by atoms with van der Waals surface area (Å²) in [6.07, 6.45) is -2.63. The minimum Gasteiger partial charge on any atom is -0.369 e. The molecule has 1 aromatic carbocycles. The van der Waals surface area contributed by atoms with Gasteiger partial charge in [-0.3, -0.25) is 9.69 Å². The number of alkyl halides is 3. The van der Waals surface area contributed by atoms with Crippen molar-refractivity contribution in [1.82, 2.24) is 4.90 Å². The summed E-state index contributed by atoms with van der Waals surface area (Å²) >= 11 is 0. The molecule has 6 heteroatoms. The highest BCUT2D eigenvalue weighted by atomic mass is 19.4. The minimum atomic E-state index is -4.30. The summed E-state index contributed by atoms with van der Waals surface area (Å²) in [7, 11) is 0. The van der Waals surface area contributed by atoms with Gasteiger partial charge in [0, 0.05) is 13.1 Å². The van der Waals surface area contributed by atoms with Gasteiger partial charge in [0.2, 0.25) is 5.91 Å². The normalized spacial score (nSPS) is 20.9. The highest BCUT2D eigenvalue weighted by molar-refractivity contribution is 5.76. The first-order valence-electron chi connectivity index (χ1n) is 6.54. The van der Waals surface area contributed by atoms with Crippen molar-refractivity contribution in [3.8, 4) is 0 Å². The van der Waals surface area contributed by atoms with Crippen LogP contribution in [0, 0.1) is 5.92 Å². The SMILES string of the molecule is NC(=O)C1CCCN(Cc2ccc(C(F)(F)F)cc2)C1. The predicted octanol–water partition coefficient (Wildman–Crippen LogP) is 2.40. The number of piperidine rings is 1. The van der Waals surface area contributed by atoms with Crippen LogP contribution in [0.5, 0.6) is 0 Å². The van der Waals surface area contributed by atoms with Crippen LogP contribution in [0.25, 0.3) is 0 Å². The number of hydrogen-bond donors (Lipinski definition) is 1. The van der Waals surface area contributed by atoms with Crippen molar-refractivity contribution in [1.29, 1.82) is 0 Å². The van der Waals surface area contributed by atoms with E-state index in [1.807, 2.05) is 0 Å². The Hall–Kier alpha value is -1.56. The molecule has 3 nitrogen and oxygen atoms in total. The Balaban J connectivity index is 1.98. The molecule has 2 N–H and O–H groups in total. The Morgan fingerprint density at radius 3 is 2.50 bits per heavy atom. The first kappa shape index (κ1) is 14.8. The molecule has 1 fully saturated rings. The van der Waals surface area contributed by atoms with Crippen LogP contribution in [0.2, 0.25) is 0 Å². The zero-order chi connectivity index (χ0) is 14.8. The molecule has 20 heavy (non-hydrogen) atoms. The predicted molar refractivity (Wildman–Crippen MR) is 68.6 cm³/mol. The van der Waals surface area contributed by atoms with Gasteiger partial charge in [0.25, 0.3) is 0 Å². The molecule has 0 radical (unpaired) electrons. The second kappa shape index (κ2) is 5.83. The van der Waals surface area contributed by atoms with Gasteiger partial charge in [-0.25, -0.2) is 0 Å². The maximum atomic E-state index is 12.5. The van der Waals surface area contributed by atoms with Crippen LogP contribution < -0.4 is 5.73 Å². The quantitative estimate of drug-likeness (QED) is 0.927. The van der Waals surface area contributed by atoms with Crippen LogP contribution >= 0.6 is 0 Å². The van der Waals surface area contributed by atoms with Gasteiger partial charge in [0.1, 0.15) is 0 Å². The second-order valence-electron chi connectivity index (χ2n) is 5.17. The van der Waals surface area contributed by atoms with Crippen LogP contribution in [0.3, 0.4) is 0 Å². The summed E-state index contributed by atoms with van der Waals surface area (Å²) < 4.78 is 37.4. The molecule has 110 valence electrons. The third-order valence-corrected chi connectivity index (χ3v) is 3.60. The number of rotatable bonds is 3. The van der Waals surface area contributed by atoms with E-state index in [2.05, 4.69) is 4.90 Å². The molecular formula is C14H17F3N2O. The molecule has 1 amide bonds. The van der Waals surface area contributed by atoms with Crippen LogP contribution in [0.1, 0.15) is 24.0 Å². The first-order chi connectivity index (χ1) is 9.36. The number of likely N-dealkylation sites (tertiary alicyclic amines) is 1. The number of halogens is 3.